The summed E-state index contributed by atoms with van der Waals surface area (Å²) in [6.07, 6.45) is 0.518. The van der Waals surface area contributed by atoms with Gasteiger partial charge in [-0.15, -0.1) is 0 Å². The molecule has 0 radical (unpaired) electrons. The molecule has 0 fully saturated rings. The first kappa shape index (κ1) is 15.4. The van der Waals surface area contributed by atoms with Gasteiger partial charge in [0.25, 0.3) is 0 Å². The van der Waals surface area contributed by atoms with E-state index in [9.17, 15) is 8.78 Å². The van der Waals surface area contributed by atoms with Crippen LogP contribution in [0.2, 0.25) is 5.02 Å². The van der Waals surface area contributed by atoms with Crippen molar-refractivity contribution in [3.63, 3.8) is 0 Å². The third-order valence-electron chi connectivity index (χ3n) is 3.13. The third-order valence-corrected chi connectivity index (χ3v) is 4.44. The molecule has 0 amide bonds. The lowest BCUT2D eigenvalue weighted by Crippen LogP contribution is -2.19. The highest BCUT2D eigenvalue weighted by Gasteiger charge is 2.16. The summed E-state index contributed by atoms with van der Waals surface area (Å²) in [5.41, 5.74) is 1.62. The molecule has 2 aromatic carbocycles. The van der Waals surface area contributed by atoms with Crippen molar-refractivity contribution in [1.82, 2.24) is 5.32 Å². The van der Waals surface area contributed by atoms with Gasteiger partial charge in [-0.25, -0.2) is 8.78 Å². The zero-order chi connectivity index (χ0) is 14.7. The quantitative estimate of drug-likeness (QED) is 0.819. The Morgan fingerprint density at radius 3 is 2.60 bits per heavy atom. The Hall–Kier alpha value is -0.970. The number of hydrogen-bond acceptors (Lipinski definition) is 1. The second kappa shape index (κ2) is 6.66. The smallest absolute Gasteiger partial charge is 0.159 e. The second-order valence-corrected chi connectivity index (χ2v) is 5.67. The maximum absolute atomic E-state index is 13.3. The van der Waals surface area contributed by atoms with Crippen molar-refractivity contribution in [2.75, 3.05) is 7.05 Å². The highest BCUT2D eigenvalue weighted by molar-refractivity contribution is 9.10. The van der Waals surface area contributed by atoms with Crippen LogP contribution in [0.3, 0.4) is 0 Å². The molecule has 20 heavy (non-hydrogen) atoms. The Balaban J connectivity index is 2.28. The predicted octanol–water partition coefficient (Wildman–Crippen LogP) is 4.88. The molecule has 5 heteroatoms. The Kier molecular flexibility index (Phi) is 5.13. The maximum atomic E-state index is 13.3. The SMILES string of the molecule is CNC(Cc1ccc(F)c(F)c1)c1cccc(Br)c1Cl. The second-order valence-electron chi connectivity index (χ2n) is 4.44. The van der Waals surface area contributed by atoms with E-state index in [4.69, 9.17) is 11.6 Å². The molecule has 0 spiro atoms. The van der Waals surface area contributed by atoms with Crippen LogP contribution in [0.25, 0.3) is 0 Å². The van der Waals surface area contributed by atoms with Crippen LogP contribution in [-0.4, -0.2) is 7.05 Å². The molecule has 1 nitrogen and oxygen atoms in total. The van der Waals surface area contributed by atoms with E-state index in [-0.39, 0.29) is 6.04 Å². The molecule has 1 N–H and O–H groups in total. The monoisotopic (exact) mass is 359 g/mol. The normalized spacial score (nSPS) is 12.4. The molecule has 2 aromatic rings. The van der Waals surface area contributed by atoms with Crippen LogP contribution < -0.4 is 5.32 Å². The van der Waals surface area contributed by atoms with Gasteiger partial charge in [-0.1, -0.05) is 29.8 Å². The summed E-state index contributed by atoms with van der Waals surface area (Å²) < 4.78 is 27.0. The molecule has 0 aliphatic carbocycles. The maximum Gasteiger partial charge on any atom is 0.159 e. The lowest BCUT2D eigenvalue weighted by Gasteiger charge is -2.19. The molecule has 0 bridgehead atoms. The Bertz CT molecular complexity index is 619. The van der Waals surface area contributed by atoms with E-state index in [0.717, 1.165) is 16.1 Å². The van der Waals surface area contributed by atoms with Crippen LogP contribution >= 0.6 is 27.5 Å². The fraction of sp³-hybridized carbons (Fsp3) is 0.200. The topological polar surface area (TPSA) is 12.0 Å². The van der Waals surface area contributed by atoms with Crippen LogP contribution in [0.5, 0.6) is 0 Å². The van der Waals surface area contributed by atoms with E-state index < -0.39 is 11.6 Å². The van der Waals surface area contributed by atoms with E-state index in [1.807, 2.05) is 25.2 Å². The number of hydrogen-bond donors (Lipinski definition) is 1. The minimum Gasteiger partial charge on any atom is -0.313 e. The molecule has 0 aliphatic rings. The van der Waals surface area contributed by atoms with Gasteiger partial charge in [0.2, 0.25) is 0 Å². The van der Waals surface area contributed by atoms with Crippen LogP contribution in [0.15, 0.2) is 40.9 Å². The molecule has 2 rings (SSSR count). The molecule has 0 aliphatic heterocycles. The van der Waals surface area contributed by atoms with Gasteiger partial charge in [0, 0.05) is 10.5 Å². The number of benzene rings is 2. The van der Waals surface area contributed by atoms with Crippen molar-refractivity contribution < 1.29 is 8.78 Å². The number of likely N-dealkylation sites (N-methyl/N-ethyl adjacent to an activating group) is 1. The Labute approximate surface area is 130 Å². The molecule has 106 valence electrons. The first-order valence-electron chi connectivity index (χ1n) is 6.08. The van der Waals surface area contributed by atoms with Gasteiger partial charge in [0.05, 0.1) is 5.02 Å². The van der Waals surface area contributed by atoms with Crippen LogP contribution in [0.1, 0.15) is 17.2 Å². The van der Waals surface area contributed by atoms with Crippen molar-refractivity contribution in [2.45, 2.75) is 12.5 Å². The van der Waals surface area contributed by atoms with Crippen molar-refractivity contribution in [2.24, 2.45) is 0 Å². The first-order valence-corrected chi connectivity index (χ1v) is 7.25. The van der Waals surface area contributed by atoms with E-state index in [1.165, 1.54) is 6.07 Å². The molecular formula is C15H13BrClF2N. The van der Waals surface area contributed by atoms with Crippen LogP contribution in [0, 0.1) is 11.6 Å². The van der Waals surface area contributed by atoms with Crippen molar-refractivity contribution in [3.05, 3.63) is 68.7 Å². The first-order chi connectivity index (χ1) is 9.52. The average molecular weight is 361 g/mol. The molecule has 0 heterocycles. The summed E-state index contributed by atoms with van der Waals surface area (Å²) >= 11 is 9.65. The Morgan fingerprint density at radius 1 is 1.20 bits per heavy atom. The molecule has 0 saturated carbocycles. The summed E-state index contributed by atoms with van der Waals surface area (Å²) in [6.45, 7) is 0. The summed E-state index contributed by atoms with van der Waals surface area (Å²) in [5.74, 6) is -1.67. The van der Waals surface area contributed by atoms with E-state index in [2.05, 4.69) is 21.2 Å². The zero-order valence-electron chi connectivity index (χ0n) is 10.8. The summed E-state index contributed by atoms with van der Waals surface area (Å²) in [6, 6.07) is 9.51. The molecule has 1 atom stereocenters. The molecule has 1 unspecified atom stereocenters. The van der Waals surface area contributed by atoms with Crippen LogP contribution in [-0.2, 0) is 6.42 Å². The number of nitrogens with one attached hydrogen (secondary N) is 1. The minimum atomic E-state index is -0.838. The summed E-state index contributed by atoms with van der Waals surface area (Å²) in [7, 11) is 1.81. The van der Waals surface area contributed by atoms with Gasteiger partial charge in [0.1, 0.15) is 0 Å². The van der Waals surface area contributed by atoms with Crippen LogP contribution in [0.4, 0.5) is 8.78 Å². The highest BCUT2D eigenvalue weighted by Crippen LogP contribution is 2.31. The lowest BCUT2D eigenvalue weighted by atomic mass is 9.99. The molecule has 0 aromatic heterocycles. The number of rotatable bonds is 4. The van der Waals surface area contributed by atoms with Gasteiger partial charge in [0.15, 0.2) is 11.6 Å². The fourth-order valence-corrected chi connectivity index (χ4v) is 2.70. The van der Waals surface area contributed by atoms with Gasteiger partial charge >= 0.3 is 0 Å². The van der Waals surface area contributed by atoms with Gasteiger partial charge < -0.3 is 5.32 Å². The van der Waals surface area contributed by atoms with E-state index >= 15 is 0 Å². The van der Waals surface area contributed by atoms with E-state index in [0.29, 0.717) is 17.0 Å². The average Bonchev–Trinajstić information content (AvgIpc) is 2.43. The van der Waals surface area contributed by atoms with Gasteiger partial charge in [-0.2, -0.15) is 0 Å². The van der Waals surface area contributed by atoms with E-state index in [1.54, 1.807) is 6.07 Å². The summed E-state index contributed by atoms with van der Waals surface area (Å²) in [5, 5.41) is 3.77. The standard InChI is InChI=1S/C15H13BrClF2N/c1-20-14(10-3-2-4-11(16)15(10)17)8-9-5-6-12(18)13(19)7-9/h2-7,14,20H,8H2,1H3. The number of halogens is 4. The Morgan fingerprint density at radius 2 is 1.95 bits per heavy atom. The lowest BCUT2D eigenvalue weighted by molar-refractivity contribution is 0.504. The van der Waals surface area contributed by atoms with Gasteiger partial charge in [-0.3, -0.25) is 0 Å². The minimum absolute atomic E-state index is 0.0788. The van der Waals surface area contributed by atoms with Crippen molar-refractivity contribution in [3.8, 4) is 0 Å². The van der Waals surface area contributed by atoms with Crippen molar-refractivity contribution >= 4 is 27.5 Å². The third kappa shape index (κ3) is 3.37. The van der Waals surface area contributed by atoms with Gasteiger partial charge in [-0.05, 0) is 58.7 Å². The van der Waals surface area contributed by atoms with Crippen molar-refractivity contribution in [1.29, 1.82) is 0 Å². The highest BCUT2D eigenvalue weighted by atomic mass is 79.9. The molecule has 0 saturated heterocycles. The zero-order valence-corrected chi connectivity index (χ0v) is 13.1. The molecular weight excluding hydrogens is 348 g/mol. The summed E-state index contributed by atoms with van der Waals surface area (Å²) in [4.78, 5) is 0. The fourth-order valence-electron chi connectivity index (χ4n) is 2.06. The predicted molar refractivity (Wildman–Crippen MR) is 81.0 cm³/mol. The largest absolute Gasteiger partial charge is 0.313 e.